The zero-order chi connectivity index (χ0) is 23.3. The fraction of sp³-hybridized carbons (Fsp3) is 0.333. The summed E-state index contributed by atoms with van der Waals surface area (Å²) in [6.07, 6.45) is 0.956. The molecule has 0 radical (unpaired) electrons. The zero-order valence-electron chi connectivity index (χ0n) is 19.5. The van der Waals surface area contributed by atoms with E-state index in [4.69, 9.17) is 9.72 Å². The molecule has 2 aromatic heterocycles. The molecule has 1 aliphatic heterocycles. The van der Waals surface area contributed by atoms with Crippen LogP contribution < -0.4 is 10.1 Å². The average molecular weight is 475 g/mol. The molecule has 0 saturated carbocycles. The van der Waals surface area contributed by atoms with Crippen LogP contribution in [0.4, 0.5) is 0 Å². The second-order valence-corrected chi connectivity index (χ2v) is 9.80. The first kappa shape index (κ1) is 22.8. The number of benzene rings is 2. The van der Waals surface area contributed by atoms with E-state index in [2.05, 4.69) is 51.5 Å². The summed E-state index contributed by atoms with van der Waals surface area (Å²) in [5, 5.41) is 5.13. The van der Waals surface area contributed by atoms with Gasteiger partial charge >= 0.3 is 0 Å². The molecule has 0 spiro atoms. The Morgan fingerprint density at radius 2 is 1.79 bits per heavy atom. The van der Waals surface area contributed by atoms with Crippen molar-refractivity contribution in [3.8, 4) is 5.75 Å². The molecule has 1 saturated heterocycles. The van der Waals surface area contributed by atoms with Gasteiger partial charge in [0.05, 0.1) is 17.5 Å². The fourth-order valence-corrected chi connectivity index (χ4v) is 5.39. The van der Waals surface area contributed by atoms with Crippen molar-refractivity contribution in [2.75, 3.05) is 46.4 Å². The number of fused-ring (bicyclic) bond motifs is 2. The SMILES string of the molecule is COc1ccc2cc3cc(C(=O)NCCCN4CCN(Cc5ccccc5)CC4)sc3nc2c1. The van der Waals surface area contributed by atoms with E-state index >= 15 is 0 Å². The van der Waals surface area contributed by atoms with Crippen molar-refractivity contribution in [1.82, 2.24) is 20.1 Å². The van der Waals surface area contributed by atoms with Gasteiger partial charge in [-0.15, -0.1) is 11.3 Å². The normalized spacial score (nSPS) is 15.1. The van der Waals surface area contributed by atoms with Gasteiger partial charge in [0, 0.05) is 56.1 Å². The highest BCUT2D eigenvalue weighted by atomic mass is 32.1. The number of nitrogens with one attached hydrogen (secondary N) is 1. The van der Waals surface area contributed by atoms with Gasteiger partial charge in [0.15, 0.2) is 0 Å². The van der Waals surface area contributed by atoms with E-state index in [0.29, 0.717) is 11.4 Å². The summed E-state index contributed by atoms with van der Waals surface area (Å²) in [6.45, 7) is 7.08. The van der Waals surface area contributed by atoms with Crippen LogP contribution in [0, 0.1) is 0 Å². The number of ether oxygens (including phenoxy) is 1. The number of piperazine rings is 1. The van der Waals surface area contributed by atoms with Crippen molar-refractivity contribution in [2.45, 2.75) is 13.0 Å². The first-order valence-electron chi connectivity index (χ1n) is 11.8. The molecule has 5 rings (SSSR count). The lowest BCUT2D eigenvalue weighted by atomic mass is 10.2. The molecule has 1 N–H and O–H groups in total. The first-order valence-corrected chi connectivity index (χ1v) is 12.6. The standard InChI is InChI=1S/C27H30N4O2S/c1-33-23-9-8-21-16-22-17-25(34-27(22)29-24(21)18-23)26(32)28-10-5-11-30-12-14-31(15-13-30)19-20-6-3-2-4-7-20/h2-4,6-9,16-18H,5,10-15,19H2,1H3,(H,28,32). The van der Waals surface area contributed by atoms with E-state index < -0.39 is 0 Å². The molecule has 34 heavy (non-hydrogen) atoms. The van der Waals surface area contributed by atoms with E-state index in [0.717, 1.165) is 72.6 Å². The molecular formula is C27H30N4O2S. The van der Waals surface area contributed by atoms with Gasteiger partial charge in [-0.05, 0) is 42.8 Å². The number of carbonyl (C=O) groups excluding carboxylic acids is 1. The van der Waals surface area contributed by atoms with E-state index in [1.807, 2.05) is 24.3 Å². The minimum Gasteiger partial charge on any atom is -0.497 e. The second-order valence-electron chi connectivity index (χ2n) is 8.76. The molecule has 176 valence electrons. The second kappa shape index (κ2) is 10.5. The van der Waals surface area contributed by atoms with E-state index in [1.54, 1.807) is 7.11 Å². The summed E-state index contributed by atoms with van der Waals surface area (Å²) < 4.78 is 5.30. The number of hydrogen-bond acceptors (Lipinski definition) is 6. The fourth-order valence-electron chi connectivity index (χ4n) is 4.45. The number of thiophene rings is 1. The van der Waals surface area contributed by atoms with Crippen molar-refractivity contribution in [3.05, 3.63) is 71.1 Å². The van der Waals surface area contributed by atoms with Crippen LogP contribution in [0.5, 0.6) is 5.75 Å². The summed E-state index contributed by atoms with van der Waals surface area (Å²) >= 11 is 1.44. The molecule has 1 aliphatic rings. The third-order valence-electron chi connectivity index (χ3n) is 6.39. The monoisotopic (exact) mass is 474 g/mol. The zero-order valence-corrected chi connectivity index (χ0v) is 20.3. The number of pyridine rings is 1. The molecule has 0 aliphatic carbocycles. The van der Waals surface area contributed by atoms with Crippen LogP contribution in [0.1, 0.15) is 21.7 Å². The van der Waals surface area contributed by atoms with Crippen molar-refractivity contribution >= 4 is 38.4 Å². The Morgan fingerprint density at radius 1 is 1.00 bits per heavy atom. The quantitative estimate of drug-likeness (QED) is 0.384. The van der Waals surface area contributed by atoms with Crippen LogP contribution in [0.3, 0.4) is 0 Å². The molecule has 0 unspecified atom stereocenters. The highest BCUT2D eigenvalue weighted by Gasteiger charge is 2.17. The lowest BCUT2D eigenvalue weighted by molar-refractivity contribution is 0.0951. The maximum absolute atomic E-state index is 12.7. The minimum atomic E-state index is -0.0164. The third-order valence-corrected chi connectivity index (χ3v) is 7.43. The number of hydrogen-bond donors (Lipinski definition) is 1. The third kappa shape index (κ3) is 5.38. The number of carbonyl (C=O) groups is 1. The van der Waals surface area contributed by atoms with Crippen LogP contribution in [0.15, 0.2) is 60.7 Å². The predicted octanol–water partition coefficient (Wildman–Crippen LogP) is 4.40. The first-order chi connectivity index (χ1) is 16.7. The van der Waals surface area contributed by atoms with E-state index in [1.165, 1.54) is 16.9 Å². The summed E-state index contributed by atoms with van der Waals surface area (Å²) in [6, 6.07) is 20.6. The summed E-state index contributed by atoms with van der Waals surface area (Å²) in [7, 11) is 1.65. The summed E-state index contributed by atoms with van der Waals surface area (Å²) in [5.74, 6) is 0.767. The molecule has 4 aromatic rings. The minimum absolute atomic E-state index is 0.0164. The summed E-state index contributed by atoms with van der Waals surface area (Å²) in [5.41, 5.74) is 2.26. The predicted molar refractivity (Wildman–Crippen MR) is 139 cm³/mol. The average Bonchev–Trinajstić information content (AvgIpc) is 3.29. The van der Waals surface area contributed by atoms with Gasteiger partial charge < -0.3 is 15.0 Å². The van der Waals surface area contributed by atoms with Gasteiger partial charge in [-0.2, -0.15) is 0 Å². The molecular weight excluding hydrogens is 444 g/mol. The van der Waals surface area contributed by atoms with Crippen molar-refractivity contribution < 1.29 is 9.53 Å². The Hall–Kier alpha value is -3.00. The Labute approximate surface area is 204 Å². The van der Waals surface area contributed by atoms with Gasteiger partial charge in [0.2, 0.25) is 0 Å². The number of amides is 1. The summed E-state index contributed by atoms with van der Waals surface area (Å²) in [4.78, 5) is 24.0. The largest absolute Gasteiger partial charge is 0.497 e. The Balaban J connectivity index is 1.08. The molecule has 7 heteroatoms. The van der Waals surface area contributed by atoms with Crippen molar-refractivity contribution in [3.63, 3.8) is 0 Å². The molecule has 0 bridgehead atoms. The molecule has 6 nitrogen and oxygen atoms in total. The van der Waals surface area contributed by atoms with E-state index in [-0.39, 0.29) is 5.91 Å². The highest BCUT2D eigenvalue weighted by Crippen LogP contribution is 2.29. The Morgan fingerprint density at radius 3 is 2.59 bits per heavy atom. The topological polar surface area (TPSA) is 57.7 Å². The maximum atomic E-state index is 12.7. The molecule has 0 atom stereocenters. The molecule has 2 aromatic carbocycles. The molecule has 3 heterocycles. The van der Waals surface area contributed by atoms with Gasteiger partial charge in [0.25, 0.3) is 5.91 Å². The van der Waals surface area contributed by atoms with Crippen LogP contribution in [-0.4, -0.2) is 67.1 Å². The maximum Gasteiger partial charge on any atom is 0.261 e. The number of methoxy groups -OCH3 is 1. The smallest absolute Gasteiger partial charge is 0.261 e. The molecule has 1 fully saturated rings. The lowest BCUT2D eigenvalue weighted by Crippen LogP contribution is -2.46. The Bertz CT molecular complexity index is 1270. The van der Waals surface area contributed by atoms with Crippen LogP contribution in [0.2, 0.25) is 0 Å². The van der Waals surface area contributed by atoms with Crippen molar-refractivity contribution in [2.24, 2.45) is 0 Å². The van der Waals surface area contributed by atoms with Crippen LogP contribution in [0.25, 0.3) is 21.1 Å². The van der Waals surface area contributed by atoms with E-state index in [9.17, 15) is 4.79 Å². The van der Waals surface area contributed by atoms with Gasteiger partial charge in [0.1, 0.15) is 10.6 Å². The Kier molecular flexibility index (Phi) is 7.04. The highest BCUT2D eigenvalue weighted by molar-refractivity contribution is 7.20. The van der Waals surface area contributed by atoms with Crippen LogP contribution in [-0.2, 0) is 6.54 Å². The number of rotatable bonds is 8. The van der Waals surface area contributed by atoms with Gasteiger partial charge in [-0.3, -0.25) is 9.69 Å². The lowest BCUT2D eigenvalue weighted by Gasteiger charge is -2.34. The van der Waals surface area contributed by atoms with Crippen LogP contribution >= 0.6 is 11.3 Å². The number of nitrogens with zero attached hydrogens (tertiary/aromatic N) is 3. The van der Waals surface area contributed by atoms with Gasteiger partial charge in [-0.1, -0.05) is 30.3 Å². The molecule has 1 amide bonds. The van der Waals surface area contributed by atoms with Crippen molar-refractivity contribution in [1.29, 1.82) is 0 Å². The number of aromatic nitrogens is 1. The van der Waals surface area contributed by atoms with Gasteiger partial charge in [-0.25, -0.2) is 4.98 Å².